The topological polar surface area (TPSA) is 92.8 Å². The summed E-state index contributed by atoms with van der Waals surface area (Å²) in [4.78, 5) is 17.3. The van der Waals surface area contributed by atoms with E-state index in [4.69, 9.17) is 14.1 Å². The Labute approximate surface area is 259 Å². The number of oxazole rings is 1. The highest BCUT2D eigenvalue weighted by molar-refractivity contribution is 5.69. The lowest BCUT2D eigenvalue weighted by Crippen LogP contribution is -2.37. The zero-order valence-corrected chi connectivity index (χ0v) is 27.1. The van der Waals surface area contributed by atoms with Gasteiger partial charge in [-0.3, -0.25) is 4.79 Å². The summed E-state index contributed by atoms with van der Waals surface area (Å²) in [5.41, 5.74) is 3.25. The van der Waals surface area contributed by atoms with Crippen LogP contribution in [0.2, 0.25) is 0 Å². The van der Waals surface area contributed by atoms with Crippen molar-refractivity contribution in [2.75, 3.05) is 0 Å². The van der Waals surface area contributed by atoms with Gasteiger partial charge >= 0.3 is 5.97 Å². The van der Waals surface area contributed by atoms with Gasteiger partial charge in [-0.2, -0.15) is 0 Å². The zero-order valence-electron chi connectivity index (χ0n) is 27.1. The standard InChI is InChI=1S/C37H55NO5/c1-6-8-11-29-23-38-35(42-29)37(19-20-37)33(43-34(41)7-2)17-12-24(3)30-15-16-31-26(10-9-18-36(30,31)5)13-14-27-21-28(39)22-32(40)25(27)4/h13-14,23-24,28,30-33,39-40H,4,6-12,15-22H2,1-3,5H3/t24-,28-,30-,31+,32+,33+,36-/m1/s1. The van der Waals surface area contributed by atoms with Gasteiger partial charge in [-0.1, -0.05) is 58.4 Å². The van der Waals surface area contributed by atoms with Gasteiger partial charge < -0.3 is 19.4 Å². The van der Waals surface area contributed by atoms with Crippen LogP contribution in [0, 0.1) is 23.2 Å². The van der Waals surface area contributed by atoms with Gasteiger partial charge in [-0.25, -0.2) is 4.98 Å². The number of aliphatic hydroxyl groups is 2. The second-order valence-electron chi connectivity index (χ2n) is 14.4. The Morgan fingerprint density at radius 3 is 2.72 bits per heavy atom. The minimum atomic E-state index is -0.649. The predicted octanol–water partition coefficient (Wildman–Crippen LogP) is 7.93. The number of unbranched alkanes of at least 4 members (excludes halogenated alkanes) is 1. The fraction of sp³-hybridized carbons (Fsp3) is 0.730. The SMILES string of the molecule is C=C1C(=CC=C2CCC[C@]3(C)[C@@H]([C@H](C)CC[C@H](OC(=O)CC)C4(c5ncc(CCCC)o5)CC4)CC[C@@H]23)C[C@@H](O)C[C@@H]1O. The number of esters is 1. The Kier molecular flexibility index (Phi) is 10.1. The van der Waals surface area contributed by atoms with Crippen LogP contribution in [0.5, 0.6) is 0 Å². The molecule has 238 valence electrons. The van der Waals surface area contributed by atoms with Crippen molar-refractivity contribution in [1.82, 2.24) is 4.98 Å². The lowest BCUT2D eigenvalue weighted by molar-refractivity contribution is -0.151. The molecular formula is C37H55NO5. The van der Waals surface area contributed by atoms with Crippen LogP contribution in [0.25, 0.3) is 0 Å². The maximum absolute atomic E-state index is 12.6. The number of carbonyl (C=O) groups is 1. The number of hydrogen-bond acceptors (Lipinski definition) is 6. The summed E-state index contributed by atoms with van der Waals surface area (Å²) in [6.07, 6.45) is 19.2. The van der Waals surface area contributed by atoms with Gasteiger partial charge in [0.25, 0.3) is 0 Å². The molecule has 4 aliphatic rings. The predicted molar refractivity (Wildman–Crippen MR) is 169 cm³/mol. The van der Waals surface area contributed by atoms with Crippen LogP contribution in [-0.2, 0) is 21.4 Å². The third-order valence-corrected chi connectivity index (χ3v) is 11.6. The fourth-order valence-electron chi connectivity index (χ4n) is 8.80. The summed E-state index contributed by atoms with van der Waals surface area (Å²) < 4.78 is 12.4. The number of nitrogens with zero attached hydrogens (tertiary/aromatic N) is 1. The Morgan fingerprint density at radius 1 is 1.21 bits per heavy atom. The highest BCUT2D eigenvalue weighted by atomic mass is 16.5. The van der Waals surface area contributed by atoms with Crippen LogP contribution in [0.1, 0.15) is 129 Å². The molecule has 0 saturated heterocycles. The summed E-state index contributed by atoms with van der Waals surface area (Å²) in [7, 11) is 0. The summed E-state index contributed by atoms with van der Waals surface area (Å²) in [5.74, 6) is 3.30. The molecule has 0 amide bonds. The van der Waals surface area contributed by atoms with E-state index in [1.165, 1.54) is 31.3 Å². The number of aliphatic hydroxyl groups excluding tert-OH is 2. The van der Waals surface area contributed by atoms with Gasteiger partial charge in [0.1, 0.15) is 11.9 Å². The summed E-state index contributed by atoms with van der Waals surface area (Å²) >= 11 is 0. The van der Waals surface area contributed by atoms with Crippen molar-refractivity contribution in [1.29, 1.82) is 0 Å². The number of allylic oxidation sites excluding steroid dienone is 3. The molecule has 0 aromatic carbocycles. The second kappa shape index (κ2) is 13.4. The van der Waals surface area contributed by atoms with Crippen LogP contribution in [0.4, 0.5) is 0 Å². The van der Waals surface area contributed by atoms with Crippen LogP contribution < -0.4 is 0 Å². The average Bonchev–Trinajstić information content (AvgIpc) is 3.50. The fourth-order valence-corrected chi connectivity index (χ4v) is 8.80. The van der Waals surface area contributed by atoms with Gasteiger partial charge in [0.2, 0.25) is 5.89 Å². The molecule has 0 spiro atoms. The van der Waals surface area contributed by atoms with Crippen molar-refractivity contribution >= 4 is 5.97 Å². The van der Waals surface area contributed by atoms with E-state index in [1.54, 1.807) is 0 Å². The molecule has 0 bridgehead atoms. The molecule has 6 heteroatoms. The van der Waals surface area contributed by atoms with Crippen LogP contribution in [0.3, 0.4) is 0 Å². The first kappa shape index (κ1) is 32.2. The molecule has 43 heavy (non-hydrogen) atoms. The number of rotatable bonds is 12. The average molecular weight is 594 g/mol. The smallest absolute Gasteiger partial charge is 0.305 e. The third kappa shape index (κ3) is 6.76. The quantitative estimate of drug-likeness (QED) is 0.239. The number of aryl methyl sites for hydroxylation is 1. The van der Waals surface area contributed by atoms with E-state index in [1.807, 2.05) is 13.1 Å². The number of ether oxygens (including phenoxy) is 1. The van der Waals surface area contributed by atoms with Crippen molar-refractivity contribution in [2.24, 2.45) is 23.2 Å². The van der Waals surface area contributed by atoms with Gasteiger partial charge in [-0.05, 0) is 105 Å². The summed E-state index contributed by atoms with van der Waals surface area (Å²) in [6, 6.07) is 0. The molecule has 0 unspecified atom stereocenters. The van der Waals surface area contributed by atoms with Crippen molar-refractivity contribution in [2.45, 2.75) is 148 Å². The Bertz CT molecular complexity index is 1210. The van der Waals surface area contributed by atoms with Gasteiger partial charge in [-0.15, -0.1) is 0 Å². The molecule has 1 aromatic rings. The van der Waals surface area contributed by atoms with Gasteiger partial charge in [0.15, 0.2) is 0 Å². The van der Waals surface area contributed by atoms with E-state index >= 15 is 0 Å². The van der Waals surface area contributed by atoms with Crippen LogP contribution in [0.15, 0.2) is 46.1 Å². The first-order valence-corrected chi connectivity index (χ1v) is 17.2. The summed E-state index contributed by atoms with van der Waals surface area (Å²) in [5, 5.41) is 20.5. The lowest BCUT2D eigenvalue weighted by Gasteiger charge is -2.44. The third-order valence-electron chi connectivity index (χ3n) is 11.6. The Hall–Kier alpha value is -2.18. The van der Waals surface area contributed by atoms with E-state index < -0.39 is 12.2 Å². The number of hydrogen-bond donors (Lipinski definition) is 2. The largest absolute Gasteiger partial charge is 0.461 e. The van der Waals surface area contributed by atoms with Crippen LogP contribution >= 0.6 is 0 Å². The number of aromatic nitrogens is 1. The molecular weight excluding hydrogens is 538 g/mol. The number of fused-ring (bicyclic) bond motifs is 1. The monoisotopic (exact) mass is 593 g/mol. The summed E-state index contributed by atoms with van der Waals surface area (Å²) in [6.45, 7) is 13.1. The molecule has 0 radical (unpaired) electrons. The Balaban J connectivity index is 1.27. The van der Waals surface area contributed by atoms with Crippen LogP contribution in [-0.4, -0.2) is 39.5 Å². The highest BCUT2D eigenvalue weighted by Crippen LogP contribution is 2.60. The van der Waals surface area contributed by atoms with E-state index in [0.29, 0.717) is 37.0 Å². The molecule has 1 aromatic heterocycles. The normalized spacial score (nSPS) is 33.4. The molecule has 5 rings (SSSR count). The maximum Gasteiger partial charge on any atom is 0.305 e. The molecule has 4 fully saturated rings. The van der Waals surface area contributed by atoms with Gasteiger partial charge in [0, 0.05) is 19.3 Å². The molecule has 1 heterocycles. The first-order valence-electron chi connectivity index (χ1n) is 17.2. The minimum Gasteiger partial charge on any atom is -0.461 e. The molecule has 2 N–H and O–H groups in total. The van der Waals surface area contributed by atoms with Crippen molar-refractivity contribution < 1.29 is 24.2 Å². The Morgan fingerprint density at radius 2 is 2.00 bits per heavy atom. The van der Waals surface area contributed by atoms with Crippen molar-refractivity contribution in [3.8, 4) is 0 Å². The minimum absolute atomic E-state index is 0.133. The molecule has 7 atom stereocenters. The van der Waals surface area contributed by atoms with Crippen molar-refractivity contribution in [3.63, 3.8) is 0 Å². The number of carbonyl (C=O) groups excluding carboxylic acids is 1. The maximum atomic E-state index is 12.6. The molecule has 6 nitrogen and oxygen atoms in total. The molecule has 4 aliphatic carbocycles. The lowest BCUT2D eigenvalue weighted by atomic mass is 9.60. The second-order valence-corrected chi connectivity index (χ2v) is 14.4. The molecule has 4 saturated carbocycles. The highest BCUT2D eigenvalue weighted by Gasteiger charge is 2.57. The van der Waals surface area contributed by atoms with E-state index in [9.17, 15) is 15.0 Å². The van der Waals surface area contributed by atoms with E-state index in [2.05, 4.69) is 39.5 Å². The molecule has 0 aliphatic heterocycles. The first-order chi connectivity index (χ1) is 20.6. The zero-order chi connectivity index (χ0) is 30.8. The van der Waals surface area contributed by atoms with E-state index in [-0.39, 0.29) is 22.9 Å². The van der Waals surface area contributed by atoms with Gasteiger partial charge in [0.05, 0.1) is 23.8 Å². The van der Waals surface area contributed by atoms with E-state index in [0.717, 1.165) is 74.2 Å². The van der Waals surface area contributed by atoms with Crippen molar-refractivity contribution in [3.05, 3.63) is 53.3 Å².